The first-order chi connectivity index (χ1) is 19.4. The van der Waals surface area contributed by atoms with Crippen LogP contribution in [0.15, 0.2) is 42.5 Å². The number of piperidine rings is 1. The number of benzene rings is 2. The van der Waals surface area contributed by atoms with Crippen LogP contribution in [0.4, 0.5) is 4.39 Å². The van der Waals surface area contributed by atoms with E-state index in [0.29, 0.717) is 36.5 Å². The molecule has 1 N–H and O–H groups in total. The molecule has 1 saturated heterocycles. The fraction of sp³-hybridized carbons (Fsp3) is 0.618. The van der Waals surface area contributed by atoms with Crippen molar-refractivity contribution in [3.05, 3.63) is 59.2 Å². The van der Waals surface area contributed by atoms with Crippen LogP contribution in [0.1, 0.15) is 80.9 Å². The molecule has 2 aromatic rings. The van der Waals surface area contributed by atoms with E-state index >= 15 is 0 Å². The summed E-state index contributed by atoms with van der Waals surface area (Å²) in [6, 6.07) is 13.5. The van der Waals surface area contributed by atoms with Crippen molar-refractivity contribution in [3.8, 4) is 11.5 Å². The van der Waals surface area contributed by atoms with Crippen molar-refractivity contribution in [2.24, 2.45) is 17.3 Å². The van der Waals surface area contributed by atoms with E-state index in [0.717, 1.165) is 63.1 Å². The summed E-state index contributed by atoms with van der Waals surface area (Å²) in [6.07, 6.45) is 7.88. The fourth-order valence-corrected chi connectivity index (χ4v) is 8.25. The van der Waals surface area contributed by atoms with Gasteiger partial charge in [0.1, 0.15) is 24.3 Å². The molecule has 0 radical (unpaired) electrons. The van der Waals surface area contributed by atoms with E-state index in [-0.39, 0.29) is 11.8 Å². The summed E-state index contributed by atoms with van der Waals surface area (Å²) in [5.41, 5.74) is 3.29. The zero-order chi connectivity index (χ0) is 27.7. The third-order valence-electron chi connectivity index (χ3n) is 10.6. The van der Waals surface area contributed by atoms with Gasteiger partial charge in [0.25, 0.3) is 0 Å². The lowest BCUT2D eigenvalue weighted by Crippen LogP contribution is -2.42. The van der Waals surface area contributed by atoms with Gasteiger partial charge in [-0.2, -0.15) is 0 Å². The molecule has 5 nitrogen and oxygen atoms in total. The lowest BCUT2D eigenvalue weighted by molar-refractivity contribution is -0.143. The molecule has 1 heterocycles. The third-order valence-corrected chi connectivity index (χ3v) is 10.6. The lowest BCUT2D eigenvalue weighted by atomic mass is 9.55. The van der Waals surface area contributed by atoms with Crippen molar-refractivity contribution in [1.29, 1.82) is 0 Å². The average molecular weight is 550 g/mol. The quantitative estimate of drug-likeness (QED) is 0.311. The molecule has 6 atom stereocenters. The van der Waals surface area contributed by atoms with E-state index in [2.05, 4.69) is 17.9 Å². The number of rotatable bonds is 8. The molecule has 40 heavy (non-hydrogen) atoms. The van der Waals surface area contributed by atoms with Crippen LogP contribution < -0.4 is 9.47 Å². The highest BCUT2D eigenvalue weighted by Crippen LogP contribution is 2.61. The minimum atomic E-state index is -1.24. The molecular weight excluding hydrogens is 505 g/mol. The zero-order valence-corrected chi connectivity index (χ0v) is 23.8. The molecule has 0 aromatic heterocycles. The Morgan fingerprint density at radius 2 is 1.82 bits per heavy atom. The normalized spacial score (nSPS) is 30.6. The van der Waals surface area contributed by atoms with Crippen molar-refractivity contribution in [1.82, 2.24) is 4.90 Å². The Balaban J connectivity index is 1.01. The second kappa shape index (κ2) is 11.8. The maximum absolute atomic E-state index is 14.7. The number of aliphatic hydroxyl groups excluding tert-OH is 1. The third kappa shape index (κ3) is 5.67. The van der Waals surface area contributed by atoms with Gasteiger partial charge in [0.05, 0.1) is 0 Å². The summed E-state index contributed by atoms with van der Waals surface area (Å²) < 4.78 is 26.2. The molecule has 1 aliphatic heterocycles. The number of ether oxygens (including phenoxy) is 2. The molecule has 2 saturated carbocycles. The number of aliphatic hydroxyl groups is 1. The number of esters is 1. The van der Waals surface area contributed by atoms with Crippen LogP contribution >= 0.6 is 0 Å². The Labute approximate surface area is 238 Å². The number of alkyl halides is 1. The first kappa shape index (κ1) is 27.7. The van der Waals surface area contributed by atoms with Crippen molar-refractivity contribution < 1.29 is 23.8 Å². The van der Waals surface area contributed by atoms with E-state index in [1.165, 1.54) is 30.4 Å². The molecule has 2 aromatic carbocycles. The van der Waals surface area contributed by atoms with Crippen LogP contribution in [-0.4, -0.2) is 54.5 Å². The highest BCUT2D eigenvalue weighted by atomic mass is 19.1. The number of carbonyl (C=O) groups excluding carboxylic acids is 1. The standard InChI is InChI=1S/C34H44FNO4/c1-34-16-15-28-27-12-10-26(22-24(27)7-11-29(28)30(34)13-14-32(34)35)40-33(38)31(37)21-23-5-8-25(9-6-23)39-20-19-36-17-3-2-4-18-36/h5-6,8-10,12,22,28-32,37H,2-4,7,11,13-21H2,1H3/t28-,29-,30+,31?,32-,34+/m1/s1. The van der Waals surface area contributed by atoms with Gasteiger partial charge in [-0.25, -0.2) is 9.18 Å². The highest BCUT2D eigenvalue weighted by Gasteiger charge is 2.55. The number of likely N-dealkylation sites (tertiary alicyclic amines) is 1. The molecule has 3 aliphatic carbocycles. The van der Waals surface area contributed by atoms with Gasteiger partial charge in [-0.3, -0.25) is 4.90 Å². The van der Waals surface area contributed by atoms with Gasteiger partial charge in [0.2, 0.25) is 0 Å². The number of aryl methyl sites for hydroxylation is 1. The smallest absolute Gasteiger partial charge is 0.340 e. The molecular formula is C34H44FNO4. The van der Waals surface area contributed by atoms with Gasteiger partial charge >= 0.3 is 5.97 Å². The predicted molar refractivity (Wildman–Crippen MR) is 154 cm³/mol. The summed E-state index contributed by atoms with van der Waals surface area (Å²) in [5.74, 6) is 2.15. The highest BCUT2D eigenvalue weighted by molar-refractivity contribution is 5.77. The van der Waals surface area contributed by atoms with Gasteiger partial charge in [-0.05, 0) is 123 Å². The molecule has 1 unspecified atom stereocenters. The Bertz CT molecular complexity index is 1180. The van der Waals surface area contributed by atoms with Gasteiger partial charge in [0, 0.05) is 18.4 Å². The van der Waals surface area contributed by atoms with E-state index in [1.807, 2.05) is 36.4 Å². The Kier molecular flexibility index (Phi) is 8.18. The molecule has 0 amide bonds. The van der Waals surface area contributed by atoms with Crippen LogP contribution in [-0.2, 0) is 17.6 Å². The summed E-state index contributed by atoms with van der Waals surface area (Å²) in [6.45, 7) is 6.09. The average Bonchev–Trinajstić information content (AvgIpc) is 3.28. The van der Waals surface area contributed by atoms with Crippen molar-refractivity contribution >= 4 is 5.97 Å². The van der Waals surface area contributed by atoms with E-state index < -0.39 is 18.2 Å². The maximum atomic E-state index is 14.7. The number of hydrogen-bond acceptors (Lipinski definition) is 5. The molecule has 3 fully saturated rings. The molecule has 216 valence electrons. The minimum Gasteiger partial charge on any atom is -0.492 e. The summed E-state index contributed by atoms with van der Waals surface area (Å²) in [5, 5.41) is 10.6. The molecule has 0 spiro atoms. The Morgan fingerprint density at radius 1 is 1.05 bits per heavy atom. The van der Waals surface area contributed by atoms with E-state index in [9.17, 15) is 14.3 Å². The summed E-state index contributed by atoms with van der Waals surface area (Å²) >= 11 is 0. The van der Waals surface area contributed by atoms with Crippen LogP contribution in [0.3, 0.4) is 0 Å². The van der Waals surface area contributed by atoms with Gasteiger partial charge in [-0.15, -0.1) is 0 Å². The van der Waals surface area contributed by atoms with Gasteiger partial charge < -0.3 is 14.6 Å². The lowest BCUT2D eigenvalue weighted by Gasteiger charge is -2.49. The first-order valence-electron chi connectivity index (χ1n) is 15.5. The largest absolute Gasteiger partial charge is 0.492 e. The van der Waals surface area contributed by atoms with Crippen molar-refractivity contribution in [2.75, 3.05) is 26.2 Å². The predicted octanol–water partition coefficient (Wildman–Crippen LogP) is 6.25. The fourth-order valence-electron chi connectivity index (χ4n) is 8.25. The SMILES string of the molecule is C[C@]12CC[C@@H]3c4ccc(OC(=O)C(O)Cc5ccc(OCCN6CCCCC6)cc5)cc4CC[C@H]3[C@@H]1CC[C@H]2F. The number of carbonyl (C=O) groups is 1. The van der Waals surface area contributed by atoms with Crippen LogP contribution in [0.25, 0.3) is 0 Å². The zero-order valence-electron chi connectivity index (χ0n) is 23.8. The molecule has 0 bridgehead atoms. The first-order valence-corrected chi connectivity index (χ1v) is 15.5. The number of fused-ring (bicyclic) bond motifs is 5. The monoisotopic (exact) mass is 549 g/mol. The van der Waals surface area contributed by atoms with Crippen LogP contribution in [0.2, 0.25) is 0 Å². The second-order valence-electron chi connectivity index (χ2n) is 12.9. The van der Waals surface area contributed by atoms with Crippen molar-refractivity contribution in [2.45, 2.75) is 89.3 Å². The topological polar surface area (TPSA) is 59.0 Å². The van der Waals surface area contributed by atoms with E-state index in [4.69, 9.17) is 9.47 Å². The Hall–Kier alpha value is -2.44. The second-order valence-corrected chi connectivity index (χ2v) is 12.9. The number of hydrogen-bond donors (Lipinski definition) is 1. The van der Waals surface area contributed by atoms with E-state index in [1.54, 1.807) is 0 Å². The maximum Gasteiger partial charge on any atom is 0.340 e. The van der Waals surface area contributed by atoms with Crippen LogP contribution in [0.5, 0.6) is 11.5 Å². The van der Waals surface area contributed by atoms with Crippen LogP contribution in [0, 0.1) is 17.3 Å². The summed E-state index contributed by atoms with van der Waals surface area (Å²) in [4.78, 5) is 15.2. The van der Waals surface area contributed by atoms with Gasteiger partial charge in [-0.1, -0.05) is 31.5 Å². The molecule has 6 rings (SSSR count). The Morgan fingerprint density at radius 3 is 2.62 bits per heavy atom. The molecule has 4 aliphatic rings. The van der Waals surface area contributed by atoms with Crippen molar-refractivity contribution in [3.63, 3.8) is 0 Å². The number of halogens is 1. The van der Waals surface area contributed by atoms with Gasteiger partial charge in [0.15, 0.2) is 6.10 Å². The minimum absolute atomic E-state index is 0.148. The summed E-state index contributed by atoms with van der Waals surface area (Å²) in [7, 11) is 0. The molecule has 6 heteroatoms. The number of nitrogens with zero attached hydrogens (tertiary/aromatic N) is 1.